The number of allylic oxidation sites excluding steroid dienone is 1. The molecule has 1 aliphatic carbocycles. The Balaban J connectivity index is 1.18. The highest BCUT2D eigenvalue weighted by Gasteiger charge is 2.61. The Kier molecular flexibility index (Phi) is 15.1. The number of pyridine rings is 1. The first-order valence-electron chi connectivity index (χ1n) is 23.4. The van der Waals surface area contributed by atoms with Gasteiger partial charge in [-0.3, -0.25) is 9.59 Å². The van der Waals surface area contributed by atoms with Crippen LogP contribution >= 0.6 is 11.3 Å². The molecule has 1 unspecified atom stereocenters. The van der Waals surface area contributed by atoms with Crippen LogP contribution < -0.4 is 30.7 Å². The van der Waals surface area contributed by atoms with E-state index in [1.807, 2.05) is 72.1 Å². The molecule has 0 spiro atoms. The van der Waals surface area contributed by atoms with Crippen molar-refractivity contribution in [3.8, 4) is 22.9 Å². The fraction of sp³-hybridized carbons (Fsp3) is 0.617. The van der Waals surface area contributed by atoms with Gasteiger partial charge in [-0.2, -0.15) is 17.0 Å². The normalized spacial score (nSPS) is 26.1. The number of nitrogens with zero attached hydrogens (tertiary/aromatic N) is 5. The number of aromatic nitrogens is 2. The molecule has 5 heterocycles. The number of benzene rings is 1. The maximum absolute atomic E-state index is 15.0. The second-order valence-corrected chi connectivity index (χ2v) is 22.6. The minimum atomic E-state index is -3.78. The van der Waals surface area contributed by atoms with Gasteiger partial charge in [0.05, 0.1) is 24.9 Å². The molecule has 5 N–H and O–H groups in total. The van der Waals surface area contributed by atoms with Gasteiger partial charge in [-0.15, -0.1) is 11.3 Å². The number of aliphatic carboxylic acids is 1. The Labute approximate surface area is 397 Å². The summed E-state index contributed by atoms with van der Waals surface area (Å²) >= 11 is 1.45. The van der Waals surface area contributed by atoms with Crippen LogP contribution in [0.5, 0.6) is 11.5 Å². The number of amides is 4. The van der Waals surface area contributed by atoms with E-state index >= 15 is 4.79 Å². The van der Waals surface area contributed by atoms with Crippen molar-refractivity contribution in [1.29, 1.82) is 0 Å². The predicted molar refractivity (Wildman–Crippen MR) is 257 cm³/mol. The third kappa shape index (κ3) is 11.3. The Morgan fingerprint density at radius 2 is 1.82 bits per heavy atom. The molecular formula is C47H67N9O9S2. The first kappa shape index (κ1) is 49.8. The second-order valence-electron chi connectivity index (χ2n) is 19.9. The Hall–Kier alpha value is -5.05. The Bertz CT molecular complexity index is 2460. The molecule has 7 rings (SSSR count). The fourth-order valence-electron chi connectivity index (χ4n) is 9.15. The van der Waals surface area contributed by atoms with Crippen molar-refractivity contribution < 1.29 is 42.2 Å². The number of nitrogens with one attached hydrogen (secondary N) is 4. The molecule has 6 atom stereocenters. The lowest BCUT2D eigenvalue weighted by molar-refractivity contribution is -0.145. The highest BCUT2D eigenvalue weighted by Crippen LogP contribution is 2.46. The molecule has 1 saturated carbocycles. The molecule has 1 aromatic carbocycles. The van der Waals surface area contributed by atoms with Gasteiger partial charge in [0.15, 0.2) is 5.13 Å². The summed E-state index contributed by atoms with van der Waals surface area (Å²) in [5, 5.41) is 25.8. The average Bonchev–Trinajstić information content (AvgIpc) is 3.51. The number of carboxylic acid groups (broad SMARTS) is 1. The minimum Gasteiger partial charge on any atom is -0.497 e. The monoisotopic (exact) mass is 965 g/mol. The van der Waals surface area contributed by atoms with E-state index in [0.717, 1.165) is 18.0 Å². The number of hydrogen-bond acceptors (Lipinski definition) is 12. The summed E-state index contributed by atoms with van der Waals surface area (Å²) in [5.41, 5.74) is -0.346. The lowest BCUT2D eigenvalue weighted by Gasteiger charge is -2.41. The SMILES string of the molecule is COc1ccc2c(O[C@@H]3C[C@H]4C(=O)N[C@]5(C(=O)O)CC5/C=C\CCCCC[C@@H](NC(=O)N[C@H](CN5CCCN(C(C)C)S5(=O)=O)C(C)(C)C)C(=O)N4C3)cc(-c3csc(NC(C)C)n3)nc2c1. The van der Waals surface area contributed by atoms with Crippen molar-refractivity contribution in [3.63, 3.8) is 0 Å². The predicted octanol–water partition coefficient (Wildman–Crippen LogP) is 5.76. The summed E-state index contributed by atoms with van der Waals surface area (Å²) in [6.45, 7) is 14.2. The summed E-state index contributed by atoms with van der Waals surface area (Å²) in [4.78, 5) is 67.5. The molecule has 0 bridgehead atoms. The van der Waals surface area contributed by atoms with Crippen LogP contribution in [0.2, 0.25) is 0 Å². The van der Waals surface area contributed by atoms with E-state index in [4.69, 9.17) is 19.4 Å². The number of ether oxygens (including phenoxy) is 2. The number of methoxy groups -OCH3 is 1. The third-order valence-electron chi connectivity index (χ3n) is 13.1. The van der Waals surface area contributed by atoms with Crippen molar-refractivity contribution in [2.75, 3.05) is 38.6 Å². The van der Waals surface area contributed by atoms with E-state index in [1.54, 1.807) is 25.3 Å². The third-order valence-corrected chi connectivity index (χ3v) is 16.1. The van der Waals surface area contributed by atoms with E-state index in [9.17, 15) is 27.9 Å². The summed E-state index contributed by atoms with van der Waals surface area (Å²) < 4.78 is 42.5. The minimum absolute atomic E-state index is 0.0327. The summed E-state index contributed by atoms with van der Waals surface area (Å²) in [6, 6.07) is 3.66. The summed E-state index contributed by atoms with van der Waals surface area (Å²) in [7, 11) is -2.21. The van der Waals surface area contributed by atoms with Gasteiger partial charge in [-0.05, 0) is 77.3 Å². The lowest BCUT2D eigenvalue weighted by Crippen LogP contribution is -2.61. The van der Waals surface area contributed by atoms with Gasteiger partial charge in [0.2, 0.25) is 11.8 Å². The van der Waals surface area contributed by atoms with Gasteiger partial charge in [-0.25, -0.2) is 19.6 Å². The smallest absolute Gasteiger partial charge is 0.330 e. The molecule has 18 nitrogen and oxygen atoms in total. The number of urea groups is 1. The molecule has 4 aliphatic rings. The second kappa shape index (κ2) is 20.3. The van der Waals surface area contributed by atoms with Crippen LogP contribution in [0, 0.1) is 11.3 Å². The van der Waals surface area contributed by atoms with Crippen LogP contribution in [0.25, 0.3) is 22.3 Å². The molecule has 3 aliphatic heterocycles. The highest BCUT2D eigenvalue weighted by molar-refractivity contribution is 7.86. The lowest BCUT2D eigenvalue weighted by atomic mass is 9.86. The molecule has 2 saturated heterocycles. The number of carboxylic acids is 1. The molecular weight excluding hydrogens is 899 g/mol. The quantitative estimate of drug-likeness (QED) is 0.137. The number of rotatable bonds is 12. The zero-order valence-electron chi connectivity index (χ0n) is 39.8. The number of hydrogen-bond donors (Lipinski definition) is 5. The average molecular weight is 966 g/mol. The number of anilines is 1. The van der Waals surface area contributed by atoms with Crippen LogP contribution in [0.15, 0.2) is 41.8 Å². The number of carbonyl (C=O) groups is 4. The zero-order chi connectivity index (χ0) is 48.4. The van der Waals surface area contributed by atoms with Gasteiger partial charge in [0.25, 0.3) is 10.2 Å². The standard InChI is InChI=1S/C47H67N9O9S2/c1-28(2)48-45-51-37(27-66-45)36-23-39(33-18-17-31(64-8)21-35(33)49-36)65-32-22-38-41(57)53-47(43(59)60)24-30(47)15-12-10-9-11-13-16-34(42(58)55(38)25-32)50-44(61)52-40(46(5,6)7)26-54-19-14-20-56(29(3)4)67(54,62)63/h12,15,17-18,21,23,27-30,32,34,38,40H,9-11,13-14,16,19-20,22,24-26H2,1-8H3,(H,48,51)(H,53,57)(H,59,60)(H2,50,52,61)/b15-12-/t30?,32-,34-,38+,40-,47-/m1/s1. The number of fused-ring (bicyclic) bond motifs is 3. The van der Waals surface area contributed by atoms with Gasteiger partial charge >= 0.3 is 12.0 Å². The first-order chi connectivity index (χ1) is 31.7. The van der Waals surface area contributed by atoms with Crippen LogP contribution in [0.4, 0.5) is 9.93 Å². The van der Waals surface area contributed by atoms with Gasteiger partial charge in [-0.1, -0.05) is 45.8 Å². The summed E-state index contributed by atoms with van der Waals surface area (Å²) in [6.07, 6.45) is 7.02. The van der Waals surface area contributed by atoms with Crippen molar-refractivity contribution in [2.45, 2.75) is 142 Å². The van der Waals surface area contributed by atoms with Crippen molar-refractivity contribution >= 4 is 61.4 Å². The van der Waals surface area contributed by atoms with Crippen LogP contribution in [0.3, 0.4) is 0 Å². The molecule has 3 fully saturated rings. The van der Waals surface area contributed by atoms with E-state index in [2.05, 4.69) is 21.3 Å². The molecule has 20 heteroatoms. The molecule has 2 aromatic heterocycles. The molecule has 366 valence electrons. The topological polar surface area (TPSA) is 225 Å². The highest BCUT2D eigenvalue weighted by atomic mass is 32.2. The van der Waals surface area contributed by atoms with E-state index in [-0.39, 0.29) is 44.4 Å². The Morgan fingerprint density at radius 3 is 2.52 bits per heavy atom. The van der Waals surface area contributed by atoms with E-state index in [0.29, 0.717) is 66.1 Å². The van der Waals surface area contributed by atoms with Crippen molar-refractivity contribution in [1.82, 2.24) is 39.4 Å². The van der Waals surface area contributed by atoms with Crippen molar-refractivity contribution in [3.05, 3.63) is 41.8 Å². The van der Waals surface area contributed by atoms with Crippen LogP contribution in [-0.2, 0) is 24.6 Å². The number of carbonyl (C=O) groups excluding carboxylic acids is 3. The molecule has 3 aromatic rings. The number of thiazole rings is 1. The molecule has 0 radical (unpaired) electrons. The van der Waals surface area contributed by atoms with Crippen LogP contribution in [-0.4, -0.2) is 136 Å². The van der Waals surface area contributed by atoms with Gasteiger partial charge in [0.1, 0.15) is 40.9 Å². The maximum Gasteiger partial charge on any atom is 0.330 e. The largest absolute Gasteiger partial charge is 0.497 e. The van der Waals surface area contributed by atoms with Gasteiger partial charge in [0, 0.05) is 73.0 Å². The molecule has 67 heavy (non-hydrogen) atoms. The first-order valence-corrected chi connectivity index (χ1v) is 25.7. The van der Waals surface area contributed by atoms with E-state index in [1.165, 1.54) is 24.8 Å². The van der Waals surface area contributed by atoms with Crippen LogP contribution in [0.1, 0.15) is 99.8 Å². The van der Waals surface area contributed by atoms with Gasteiger partial charge < -0.3 is 40.7 Å². The summed E-state index contributed by atoms with van der Waals surface area (Å²) in [5.74, 6) is -1.66. The molecule has 4 amide bonds. The maximum atomic E-state index is 15.0. The fourth-order valence-corrected chi connectivity index (χ4v) is 11.9. The van der Waals surface area contributed by atoms with Crippen molar-refractivity contribution in [2.24, 2.45) is 11.3 Å². The Morgan fingerprint density at radius 1 is 1.04 bits per heavy atom. The zero-order valence-corrected chi connectivity index (χ0v) is 41.5. The van der Waals surface area contributed by atoms with E-state index < -0.39 is 75.1 Å².